The number of rotatable bonds is 6. The summed E-state index contributed by atoms with van der Waals surface area (Å²) < 4.78 is 11.2. The number of hydrogen-bond donors (Lipinski definition) is 1. The van der Waals surface area contributed by atoms with E-state index in [0.29, 0.717) is 19.6 Å². The average molecular weight is 339 g/mol. The SMILES string of the molecule is CC(C)[C@H](NC(=O)CCc1ccccc1)c1ccc2c(c1)OCCO2. The number of ether oxygens (including phenoxy) is 2. The minimum atomic E-state index is -0.0425. The molecule has 2 aromatic rings. The Morgan fingerprint density at radius 1 is 1.04 bits per heavy atom. The van der Waals surface area contributed by atoms with Gasteiger partial charge in [0.25, 0.3) is 0 Å². The number of nitrogens with one attached hydrogen (secondary N) is 1. The smallest absolute Gasteiger partial charge is 0.220 e. The zero-order valence-corrected chi connectivity index (χ0v) is 14.8. The Morgan fingerprint density at radius 3 is 2.48 bits per heavy atom. The van der Waals surface area contributed by atoms with Crippen LogP contribution in [0.4, 0.5) is 0 Å². The molecule has 0 saturated heterocycles. The topological polar surface area (TPSA) is 47.6 Å². The van der Waals surface area contributed by atoms with Crippen molar-refractivity contribution in [2.75, 3.05) is 13.2 Å². The summed E-state index contributed by atoms with van der Waals surface area (Å²) in [4.78, 5) is 12.4. The molecule has 1 heterocycles. The maximum atomic E-state index is 12.4. The van der Waals surface area contributed by atoms with Crippen LogP contribution in [0.2, 0.25) is 0 Å². The van der Waals surface area contributed by atoms with E-state index in [0.717, 1.165) is 23.5 Å². The molecule has 0 spiro atoms. The molecule has 2 aromatic carbocycles. The number of carbonyl (C=O) groups is 1. The summed E-state index contributed by atoms with van der Waals surface area (Å²) in [5.41, 5.74) is 2.23. The number of hydrogen-bond acceptors (Lipinski definition) is 3. The number of benzene rings is 2. The largest absolute Gasteiger partial charge is 0.486 e. The number of aryl methyl sites for hydroxylation is 1. The van der Waals surface area contributed by atoms with E-state index in [9.17, 15) is 4.79 Å². The van der Waals surface area contributed by atoms with Crippen molar-refractivity contribution in [2.24, 2.45) is 5.92 Å². The molecule has 3 rings (SSSR count). The molecular formula is C21H25NO3. The minimum Gasteiger partial charge on any atom is -0.486 e. The van der Waals surface area contributed by atoms with Crippen LogP contribution in [-0.4, -0.2) is 19.1 Å². The Labute approximate surface area is 149 Å². The van der Waals surface area contributed by atoms with Crippen LogP contribution in [0, 0.1) is 5.92 Å². The summed E-state index contributed by atoms with van der Waals surface area (Å²) >= 11 is 0. The molecule has 0 fully saturated rings. The van der Waals surface area contributed by atoms with Crippen LogP contribution in [0.25, 0.3) is 0 Å². The first-order chi connectivity index (χ1) is 12.1. The highest BCUT2D eigenvalue weighted by molar-refractivity contribution is 5.76. The van der Waals surface area contributed by atoms with Gasteiger partial charge in [0, 0.05) is 6.42 Å². The molecule has 0 aliphatic carbocycles. The van der Waals surface area contributed by atoms with Gasteiger partial charge in [-0.25, -0.2) is 0 Å². The predicted octanol–water partition coefficient (Wildman–Crippen LogP) is 3.90. The molecule has 1 aliphatic rings. The van der Waals surface area contributed by atoms with Crippen LogP contribution in [0.3, 0.4) is 0 Å². The van der Waals surface area contributed by atoms with Crippen LogP contribution in [0.1, 0.15) is 37.4 Å². The van der Waals surface area contributed by atoms with Gasteiger partial charge in [-0.1, -0.05) is 50.2 Å². The highest BCUT2D eigenvalue weighted by Gasteiger charge is 2.21. The monoisotopic (exact) mass is 339 g/mol. The van der Waals surface area contributed by atoms with E-state index < -0.39 is 0 Å². The first-order valence-electron chi connectivity index (χ1n) is 8.86. The molecule has 0 unspecified atom stereocenters. The van der Waals surface area contributed by atoms with Crippen LogP contribution < -0.4 is 14.8 Å². The third-order valence-corrected chi connectivity index (χ3v) is 4.39. The van der Waals surface area contributed by atoms with Gasteiger partial charge in [0.1, 0.15) is 13.2 Å². The molecule has 4 nitrogen and oxygen atoms in total. The second-order valence-corrected chi connectivity index (χ2v) is 6.68. The molecule has 25 heavy (non-hydrogen) atoms. The van der Waals surface area contributed by atoms with Gasteiger partial charge in [-0.05, 0) is 35.6 Å². The lowest BCUT2D eigenvalue weighted by atomic mass is 9.95. The third-order valence-electron chi connectivity index (χ3n) is 4.39. The normalized spacial score (nSPS) is 14.2. The van der Waals surface area contributed by atoms with Crippen molar-refractivity contribution in [3.8, 4) is 11.5 Å². The van der Waals surface area contributed by atoms with Crippen molar-refractivity contribution in [3.63, 3.8) is 0 Å². The highest BCUT2D eigenvalue weighted by atomic mass is 16.6. The van der Waals surface area contributed by atoms with Crippen molar-refractivity contribution < 1.29 is 14.3 Å². The molecule has 1 amide bonds. The fourth-order valence-corrected chi connectivity index (χ4v) is 3.04. The van der Waals surface area contributed by atoms with Gasteiger partial charge in [-0.2, -0.15) is 0 Å². The third kappa shape index (κ3) is 4.53. The summed E-state index contributed by atoms with van der Waals surface area (Å²) in [7, 11) is 0. The van der Waals surface area contributed by atoms with E-state index in [1.54, 1.807) is 0 Å². The fraction of sp³-hybridized carbons (Fsp3) is 0.381. The lowest BCUT2D eigenvalue weighted by molar-refractivity contribution is -0.122. The fourth-order valence-electron chi connectivity index (χ4n) is 3.04. The molecule has 1 aliphatic heterocycles. The zero-order valence-electron chi connectivity index (χ0n) is 14.8. The molecule has 1 N–H and O–H groups in total. The van der Waals surface area contributed by atoms with Crippen molar-refractivity contribution in [2.45, 2.75) is 32.7 Å². The van der Waals surface area contributed by atoms with Crippen LogP contribution in [0.5, 0.6) is 11.5 Å². The highest BCUT2D eigenvalue weighted by Crippen LogP contribution is 2.34. The molecule has 0 bridgehead atoms. The number of carbonyl (C=O) groups excluding carboxylic acids is 1. The van der Waals surface area contributed by atoms with Gasteiger partial charge >= 0.3 is 0 Å². The van der Waals surface area contributed by atoms with Crippen molar-refractivity contribution in [3.05, 3.63) is 59.7 Å². The Hall–Kier alpha value is -2.49. The average Bonchev–Trinajstić information content (AvgIpc) is 2.64. The molecule has 0 radical (unpaired) electrons. The molecule has 4 heteroatoms. The number of fused-ring (bicyclic) bond motifs is 1. The van der Waals surface area contributed by atoms with Crippen molar-refractivity contribution in [1.29, 1.82) is 0 Å². The van der Waals surface area contributed by atoms with Gasteiger partial charge in [0.2, 0.25) is 5.91 Å². The Kier molecular flexibility index (Phi) is 5.59. The Morgan fingerprint density at radius 2 is 1.76 bits per heavy atom. The van der Waals surface area contributed by atoms with Gasteiger partial charge in [-0.15, -0.1) is 0 Å². The summed E-state index contributed by atoms with van der Waals surface area (Å²) in [5, 5.41) is 3.17. The van der Waals surface area contributed by atoms with E-state index in [1.807, 2.05) is 48.5 Å². The van der Waals surface area contributed by atoms with Crippen LogP contribution in [-0.2, 0) is 11.2 Å². The van der Waals surface area contributed by atoms with E-state index in [1.165, 1.54) is 5.56 Å². The lowest BCUT2D eigenvalue weighted by Gasteiger charge is -2.25. The Balaban J connectivity index is 1.65. The molecule has 1 atom stereocenters. The summed E-state index contributed by atoms with van der Waals surface area (Å²) in [6.07, 6.45) is 1.23. The van der Waals surface area contributed by atoms with Crippen LogP contribution >= 0.6 is 0 Å². The molecular weight excluding hydrogens is 314 g/mol. The summed E-state index contributed by atoms with van der Waals surface area (Å²) in [6, 6.07) is 16.0. The van der Waals surface area contributed by atoms with Crippen molar-refractivity contribution in [1.82, 2.24) is 5.32 Å². The van der Waals surface area contributed by atoms with Gasteiger partial charge in [-0.3, -0.25) is 4.79 Å². The van der Waals surface area contributed by atoms with Gasteiger partial charge < -0.3 is 14.8 Å². The molecule has 0 aromatic heterocycles. The minimum absolute atomic E-state index is 0.0425. The maximum absolute atomic E-state index is 12.4. The number of amides is 1. The first-order valence-corrected chi connectivity index (χ1v) is 8.86. The van der Waals surface area contributed by atoms with Crippen LogP contribution in [0.15, 0.2) is 48.5 Å². The first kappa shape index (κ1) is 17.3. The summed E-state index contributed by atoms with van der Waals surface area (Å²) in [6.45, 7) is 5.36. The zero-order chi connectivity index (χ0) is 17.6. The standard InChI is InChI=1S/C21H25NO3/c1-15(2)21(17-9-10-18-19(14-17)25-13-12-24-18)22-20(23)11-8-16-6-4-3-5-7-16/h3-7,9-10,14-15,21H,8,11-13H2,1-2H3,(H,22,23)/t21-/m0/s1. The van der Waals surface area contributed by atoms with Gasteiger partial charge in [0.15, 0.2) is 11.5 Å². The predicted molar refractivity (Wildman–Crippen MR) is 97.9 cm³/mol. The van der Waals surface area contributed by atoms with E-state index in [2.05, 4.69) is 19.2 Å². The maximum Gasteiger partial charge on any atom is 0.220 e. The van der Waals surface area contributed by atoms with E-state index in [-0.39, 0.29) is 17.9 Å². The second-order valence-electron chi connectivity index (χ2n) is 6.68. The quantitative estimate of drug-likeness (QED) is 0.868. The summed E-state index contributed by atoms with van der Waals surface area (Å²) in [5.74, 6) is 1.88. The molecule has 0 saturated carbocycles. The van der Waals surface area contributed by atoms with Crippen molar-refractivity contribution >= 4 is 5.91 Å². The molecule has 132 valence electrons. The lowest BCUT2D eigenvalue weighted by Crippen LogP contribution is -2.32. The second kappa shape index (κ2) is 8.06. The van der Waals surface area contributed by atoms with E-state index in [4.69, 9.17) is 9.47 Å². The Bertz CT molecular complexity index is 712. The van der Waals surface area contributed by atoms with E-state index >= 15 is 0 Å². The van der Waals surface area contributed by atoms with Gasteiger partial charge in [0.05, 0.1) is 6.04 Å².